The van der Waals surface area contributed by atoms with Crippen LogP contribution in [0.1, 0.15) is 48.8 Å². The Kier molecular flexibility index (Phi) is 5.50. The fourth-order valence-electron chi connectivity index (χ4n) is 3.48. The van der Waals surface area contributed by atoms with Gasteiger partial charge in [0.25, 0.3) is 0 Å². The number of nitrogens with zero attached hydrogens (tertiary/aromatic N) is 1. The van der Waals surface area contributed by atoms with Crippen LogP contribution in [0, 0.1) is 19.3 Å². The van der Waals surface area contributed by atoms with E-state index >= 15 is 0 Å². The smallest absolute Gasteiger partial charge is 0.224 e. The van der Waals surface area contributed by atoms with Crippen LogP contribution in [0.4, 0.5) is 11.4 Å². The molecule has 0 atom stereocenters. The first-order valence-electron chi connectivity index (χ1n) is 9.05. The molecule has 0 saturated carbocycles. The van der Waals surface area contributed by atoms with E-state index in [2.05, 4.69) is 78.3 Å². The number of aryl methyl sites for hydroxylation is 2. The summed E-state index contributed by atoms with van der Waals surface area (Å²) in [5.41, 5.74) is 5.84. The molecule has 0 fully saturated rings. The van der Waals surface area contributed by atoms with Crippen molar-refractivity contribution in [1.29, 1.82) is 0 Å². The van der Waals surface area contributed by atoms with Gasteiger partial charge < -0.3 is 10.2 Å². The number of benzene rings is 1. The van der Waals surface area contributed by atoms with Gasteiger partial charge in [-0.3, -0.25) is 4.79 Å². The molecule has 1 aromatic heterocycles. The normalized spacial score (nSPS) is 14.3. The average molecular weight is 435 g/mol. The monoisotopic (exact) mass is 434 g/mol. The first kappa shape index (κ1) is 19.4. The fourth-order valence-corrected chi connectivity index (χ4v) is 5.17. The van der Waals surface area contributed by atoms with Crippen molar-refractivity contribution in [3.63, 3.8) is 0 Å². The Balaban J connectivity index is 1.80. The summed E-state index contributed by atoms with van der Waals surface area (Å²) in [5, 5.41) is 5.32. The molecular formula is C21H27BrN2OS. The van der Waals surface area contributed by atoms with Gasteiger partial charge in [0.05, 0.1) is 0 Å². The highest BCUT2D eigenvalue weighted by Crippen LogP contribution is 2.36. The van der Waals surface area contributed by atoms with E-state index in [1.54, 1.807) is 0 Å². The van der Waals surface area contributed by atoms with Crippen molar-refractivity contribution in [2.24, 2.45) is 5.41 Å². The molecular weight excluding hydrogens is 408 g/mol. The molecule has 140 valence electrons. The molecule has 1 N–H and O–H groups in total. The van der Waals surface area contributed by atoms with E-state index in [0.717, 1.165) is 36.3 Å². The van der Waals surface area contributed by atoms with Crippen LogP contribution >= 0.6 is 27.3 Å². The maximum absolute atomic E-state index is 12.3. The Labute approximate surface area is 168 Å². The Morgan fingerprint density at radius 3 is 2.54 bits per heavy atom. The fraction of sp³-hybridized carbons (Fsp3) is 0.476. The van der Waals surface area contributed by atoms with Gasteiger partial charge in [-0.25, -0.2) is 0 Å². The first-order valence-corrected chi connectivity index (χ1v) is 10.7. The van der Waals surface area contributed by atoms with Crippen LogP contribution in [0.5, 0.6) is 0 Å². The molecule has 0 unspecified atom stereocenters. The summed E-state index contributed by atoms with van der Waals surface area (Å²) < 4.78 is 1.22. The van der Waals surface area contributed by atoms with Crippen molar-refractivity contribution in [1.82, 2.24) is 0 Å². The Morgan fingerprint density at radius 2 is 1.92 bits per heavy atom. The summed E-state index contributed by atoms with van der Waals surface area (Å²) >= 11 is 5.53. The molecule has 3 rings (SSSR count). The van der Waals surface area contributed by atoms with Gasteiger partial charge in [-0.1, -0.05) is 20.8 Å². The zero-order valence-corrected chi connectivity index (χ0v) is 18.6. The number of fused-ring (bicyclic) bond motifs is 1. The quantitative estimate of drug-likeness (QED) is 0.635. The summed E-state index contributed by atoms with van der Waals surface area (Å²) in [6, 6.07) is 4.40. The summed E-state index contributed by atoms with van der Waals surface area (Å²) in [7, 11) is 0. The van der Waals surface area contributed by atoms with Gasteiger partial charge in [0.15, 0.2) is 0 Å². The SMILES string of the molecule is Cc1cc(N2CCc3scc(Br)c3C2)cc(C)c1NC(=O)CC(C)(C)C. The summed E-state index contributed by atoms with van der Waals surface area (Å²) in [5.74, 6) is 0.0845. The van der Waals surface area contributed by atoms with Crippen LogP contribution in [0.15, 0.2) is 22.0 Å². The molecule has 0 spiro atoms. The van der Waals surface area contributed by atoms with E-state index in [1.165, 1.54) is 20.6 Å². The second kappa shape index (κ2) is 7.35. The van der Waals surface area contributed by atoms with E-state index in [4.69, 9.17) is 0 Å². The maximum Gasteiger partial charge on any atom is 0.224 e. The lowest BCUT2D eigenvalue weighted by molar-refractivity contribution is -0.117. The molecule has 0 radical (unpaired) electrons. The highest BCUT2D eigenvalue weighted by Gasteiger charge is 2.22. The molecule has 1 aromatic carbocycles. The van der Waals surface area contributed by atoms with Crippen LogP contribution in [-0.4, -0.2) is 12.5 Å². The number of thiophene rings is 1. The molecule has 26 heavy (non-hydrogen) atoms. The standard InChI is InChI=1S/C21H27BrN2OS/c1-13-8-15(24-7-6-18-16(11-24)17(22)12-26-18)9-14(2)20(13)23-19(25)10-21(3,4)5/h8-9,12H,6-7,10-11H2,1-5H3,(H,23,25). The molecule has 1 aliphatic heterocycles. The van der Waals surface area contributed by atoms with Crippen LogP contribution in [0.2, 0.25) is 0 Å². The second-order valence-corrected chi connectivity index (χ2v) is 10.2. The van der Waals surface area contributed by atoms with E-state index in [0.29, 0.717) is 6.42 Å². The maximum atomic E-state index is 12.3. The van der Waals surface area contributed by atoms with Crippen LogP contribution < -0.4 is 10.2 Å². The number of nitrogens with one attached hydrogen (secondary N) is 1. The highest BCUT2D eigenvalue weighted by molar-refractivity contribution is 9.10. The number of anilines is 2. The van der Waals surface area contributed by atoms with E-state index in [1.807, 2.05) is 11.3 Å². The topological polar surface area (TPSA) is 32.3 Å². The minimum absolute atomic E-state index is 0.00867. The third-order valence-corrected chi connectivity index (χ3v) is 6.82. The van der Waals surface area contributed by atoms with Crippen molar-refractivity contribution in [2.45, 2.75) is 54.0 Å². The number of hydrogen-bond donors (Lipinski definition) is 1. The van der Waals surface area contributed by atoms with Crippen molar-refractivity contribution in [3.8, 4) is 0 Å². The third kappa shape index (κ3) is 4.32. The molecule has 0 bridgehead atoms. The molecule has 0 saturated heterocycles. The highest BCUT2D eigenvalue weighted by atomic mass is 79.9. The first-order chi connectivity index (χ1) is 12.1. The number of carbonyl (C=O) groups excluding carboxylic acids is 1. The van der Waals surface area contributed by atoms with E-state index < -0.39 is 0 Å². The number of hydrogen-bond acceptors (Lipinski definition) is 3. The van der Waals surface area contributed by atoms with Crippen molar-refractivity contribution >= 4 is 44.5 Å². The number of carbonyl (C=O) groups is 1. The van der Waals surface area contributed by atoms with Crippen LogP contribution in [0.3, 0.4) is 0 Å². The predicted molar refractivity (Wildman–Crippen MR) is 115 cm³/mol. The minimum atomic E-state index is -0.00867. The van der Waals surface area contributed by atoms with Crippen molar-refractivity contribution in [3.05, 3.63) is 43.6 Å². The number of rotatable bonds is 3. The van der Waals surface area contributed by atoms with Crippen LogP contribution in [0.25, 0.3) is 0 Å². The van der Waals surface area contributed by atoms with Gasteiger partial charge in [0.2, 0.25) is 5.91 Å². The molecule has 3 nitrogen and oxygen atoms in total. The zero-order valence-electron chi connectivity index (χ0n) is 16.2. The molecule has 5 heteroatoms. The Morgan fingerprint density at radius 1 is 1.27 bits per heavy atom. The summed E-state index contributed by atoms with van der Waals surface area (Å²) in [4.78, 5) is 16.3. The van der Waals surface area contributed by atoms with E-state index in [9.17, 15) is 4.79 Å². The Hall–Kier alpha value is -1.33. The van der Waals surface area contributed by atoms with Gasteiger partial charge >= 0.3 is 0 Å². The predicted octanol–water partition coefficient (Wildman–Crippen LogP) is 6.06. The lowest BCUT2D eigenvalue weighted by Gasteiger charge is -2.30. The molecule has 2 aromatic rings. The van der Waals surface area contributed by atoms with Crippen molar-refractivity contribution in [2.75, 3.05) is 16.8 Å². The molecule has 1 amide bonds. The van der Waals surface area contributed by atoms with Crippen molar-refractivity contribution < 1.29 is 4.79 Å². The Bertz CT molecular complexity index is 812. The van der Waals surface area contributed by atoms with Gasteiger partial charge in [0, 0.05) is 45.6 Å². The average Bonchev–Trinajstić information content (AvgIpc) is 2.90. The largest absolute Gasteiger partial charge is 0.367 e. The second-order valence-electron chi connectivity index (χ2n) is 8.40. The lowest BCUT2D eigenvalue weighted by atomic mass is 9.92. The van der Waals surface area contributed by atoms with Gasteiger partial charge in [-0.2, -0.15) is 0 Å². The third-order valence-electron chi connectivity index (χ3n) is 4.73. The molecule has 2 heterocycles. The van der Waals surface area contributed by atoms with E-state index in [-0.39, 0.29) is 11.3 Å². The zero-order chi connectivity index (χ0) is 19.1. The number of amides is 1. The summed E-state index contributed by atoms with van der Waals surface area (Å²) in [6.45, 7) is 12.4. The lowest BCUT2D eigenvalue weighted by Crippen LogP contribution is -2.29. The molecule has 0 aliphatic carbocycles. The van der Waals surface area contributed by atoms with Gasteiger partial charge in [0.1, 0.15) is 0 Å². The van der Waals surface area contributed by atoms with Crippen LogP contribution in [-0.2, 0) is 17.8 Å². The molecule has 1 aliphatic rings. The summed E-state index contributed by atoms with van der Waals surface area (Å²) in [6.07, 6.45) is 1.61. The number of halogens is 1. The minimum Gasteiger partial charge on any atom is -0.367 e. The van der Waals surface area contributed by atoms with Gasteiger partial charge in [-0.05, 0) is 70.4 Å². The van der Waals surface area contributed by atoms with Gasteiger partial charge in [-0.15, -0.1) is 11.3 Å².